The minimum absolute atomic E-state index is 0.658. The molecule has 0 spiro atoms. The molecule has 0 aliphatic heterocycles. The van der Waals surface area contributed by atoms with Crippen LogP contribution in [0.15, 0.2) is 61.1 Å². The van der Waals surface area contributed by atoms with E-state index in [2.05, 4.69) is 93.5 Å². The second-order valence-electron chi connectivity index (χ2n) is 8.71. The number of aromatic amines is 2. The molecule has 6 aromatic rings. The van der Waals surface area contributed by atoms with Crippen molar-refractivity contribution in [3.8, 4) is 33.1 Å². The number of benzene rings is 1. The van der Waals surface area contributed by atoms with Crippen LogP contribution in [0.4, 0.5) is 0 Å². The number of hydrogen-bond donors (Lipinski definition) is 2. The summed E-state index contributed by atoms with van der Waals surface area (Å²) >= 11 is 1.78. The van der Waals surface area contributed by atoms with Crippen LogP contribution in [0.3, 0.4) is 0 Å². The molecule has 34 heavy (non-hydrogen) atoms. The zero-order valence-electron chi connectivity index (χ0n) is 19.1. The number of imidazole rings is 1. The first-order valence-corrected chi connectivity index (χ1v) is 11.9. The average molecular weight is 466 g/mol. The summed E-state index contributed by atoms with van der Waals surface area (Å²) in [5.41, 5.74) is 7.73. The predicted molar refractivity (Wildman–Crippen MR) is 138 cm³/mol. The molecule has 5 aromatic heterocycles. The molecule has 8 heteroatoms. The number of aromatic nitrogens is 6. The Kier molecular flexibility index (Phi) is 4.97. The van der Waals surface area contributed by atoms with Crippen molar-refractivity contribution in [2.45, 2.75) is 13.5 Å². The Hall–Kier alpha value is -3.88. The summed E-state index contributed by atoms with van der Waals surface area (Å²) in [5, 5.41) is 8.49. The van der Waals surface area contributed by atoms with Crippen molar-refractivity contribution < 1.29 is 0 Å². The van der Waals surface area contributed by atoms with Gasteiger partial charge in [-0.15, -0.1) is 11.3 Å². The molecule has 0 amide bonds. The Morgan fingerprint density at radius 2 is 1.88 bits per heavy atom. The third-order valence-corrected chi connectivity index (χ3v) is 6.83. The Labute approximate surface area is 200 Å². The average Bonchev–Trinajstić information content (AvgIpc) is 3.55. The van der Waals surface area contributed by atoms with Crippen LogP contribution in [-0.4, -0.2) is 49.1 Å². The number of nitrogens with one attached hydrogen (secondary N) is 2. The maximum Gasteiger partial charge on any atom is 0.181 e. The summed E-state index contributed by atoms with van der Waals surface area (Å²) in [7, 11) is 4.10. The number of aryl methyl sites for hydroxylation is 1. The SMILES string of the molecule is Cc1ccc(-c2cccc3[nH]c(-c4[nH]nc5ncc(-c6cncc(CN(C)C)c6)cc45)nc23)s1. The van der Waals surface area contributed by atoms with Crippen LogP contribution in [-0.2, 0) is 6.54 Å². The highest BCUT2D eigenvalue weighted by atomic mass is 32.1. The third-order valence-electron chi connectivity index (χ3n) is 5.79. The zero-order chi connectivity index (χ0) is 23.2. The van der Waals surface area contributed by atoms with E-state index in [4.69, 9.17) is 4.98 Å². The van der Waals surface area contributed by atoms with Gasteiger partial charge in [-0.25, -0.2) is 9.97 Å². The molecule has 0 fully saturated rings. The van der Waals surface area contributed by atoms with Crippen LogP contribution in [0.1, 0.15) is 10.4 Å². The van der Waals surface area contributed by atoms with E-state index in [1.165, 1.54) is 9.75 Å². The molecule has 0 bridgehead atoms. The van der Waals surface area contributed by atoms with E-state index in [0.29, 0.717) is 5.65 Å². The second-order valence-corrected chi connectivity index (χ2v) is 10.00. The molecule has 0 saturated carbocycles. The second kappa shape index (κ2) is 8.16. The highest BCUT2D eigenvalue weighted by molar-refractivity contribution is 7.15. The van der Waals surface area contributed by atoms with Gasteiger partial charge >= 0.3 is 0 Å². The van der Waals surface area contributed by atoms with Crippen molar-refractivity contribution >= 4 is 33.4 Å². The summed E-state index contributed by atoms with van der Waals surface area (Å²) < 4.78 is 0. The first-order chi connectivity index (χ1) is 16.5. The van der Waals surface area contributed by atoms with E-state index < -0.39 is 0 Å². The van der Waals surface area contributed by atoms with Crippen LogP contribution in [0.25, 0.3) is 55.2 Å². The van der Waals surface area contributed by atoms with Crippen molar-refractivity contribution in [2.24, 2.45) is 0 Å². The molecule has 0 aliphatic carbocycles. The molecule has 1 aromatic carbocycles. The minimum Gasteiger partial charge on any atom is -0.337 e. The number of rotatable bonds is 5. The fourth-order valence-corrected chi connectivity index (χ4v) is 5.16. The number of nitrogens with zero attached hydrogens (tertiary/aromatic N) is 5. The lowest BCUT2D eigenvalue weighted by atomic mass is 10.1. The Bertz CT molecular complexity index is 1640. The van der Waals surface area contributed by atoms with Crippen molar-refractivity contribution in [3.05, 3.63) is 71.5 Å². The van der Waals surface area contributed by atoms with Gasteiger partial charge in [-0.1, -0.05) is 12.1 Å². The molecule has 0 atom stereocenters. The number of H-pyrrole nitrogens is 2. The summed E-state index contributed by atoms with van der Waals surface area (Å²) in [5.74, 6) is 0.747. The highest BCUT2D eigenvalue weighted by Crippen LogP contribution is 2.35. The van der Waals surface area contributed by atoms with E-state index in [-0.39, 0.29) is 0 Å². The standard InChI is InChI=1S/C26H23N7S/c1-15-7-8-22(34-15)19-5-4-6-21-23(19)30-26(29-21)24-20-10-18(13-28-25(20)32-31-24)17-9-16(11-27-12-17)14-33(2)3/h4-13H,14H2,1-3H3,(H,29,30)(H,28,31,32). The van der Waals surface area contributed by atoms with E-state index in [1.807, 2.05) is 18.6 Å². The van der Waals surface area contributed by atoms with Gasteiger partial charge in [-0.3, -0.25) is 10.1 Å². The quantitative estimate of drug-likeness (QED) is 0.343. The number of para-hydroxylation sites is 1. The maximum absolute atomic E-state index is 4.97. The lowest BCUT2D eigenvalue weighted by Gasteiger charge is -2.10. The maximum atomic E-state index is 4.97. The molecular formula is C26H23N7S. The molecule has 168 valence electrons. The number of pyridine rings is 2. The monoisotopic (exact) mass is 465 g/mol. The van der Waals surface area contributed by atoms with Gasteiger partial charge in [0.25, 0.3) is 0 Å². The van der Waals surface area contributed by atoms with Gasteiger partial charge < -0.3 is 9.88 Å². The van der Waals surface area contributed by atoms with Gasteiger partial charge in [0.2, 0.25) is 0 Å². The van der Waals surface area contributed by atoms with Crippen molar-refractivity contribution in [1.82, 2.24) is 35.0 Å². The molecular weight excluding hydrogens is 442 g/mol. The fraction of sp³-hybridized carbons (Fsp3) is 0.154. The Balaban J connectivity index is 1.45. The molecule has 0 unspecified atom stereocenters. The van der Waals surface area contributed by atoms with E-state index in [0.717, 1.165) is 56.7 Å². The van der Waals surface area contributed by atoms with Crippen molar-refractivity contribution in [2.75, 3.05) is 14.1 Å². The molecule has 7 nitrogen and oxygen atoms in total. The first-order valence-electron chi connectivity index (χ1n) is 11.0. The van der Waals surface area contributed by atoms with Crippen LogP contribution in [0.5, 0.6) is 0 Å². The van der Waals surface area contributed by atoms with E-state index in [9.17, 15) is 0 Å². The van der Waals surface area contributed by atoms with E-state index in [1.54, 1.807) is 11.3 Å². The van der Waals surface area contributed by atoms with Gasteiger partial charge in [0.05, 0.1) is 16.4 Å². The Morgan fingerprint density at radius 1 is 1.00 bits per heavy atom. The molecule has 6 rings (SSSR count). The summed E-state index contributed by atoms with van der Waals surface area (Å²) in [4.78, 5) is 22.1. The topological polar surface area (TPSA) is 86.4 Å². The van der Waals surface area contributed by atoms with Crippen molar-refractivity contribution in [1.29, 1.82) is 0 Å². The Morgan fingerprint density at radius 3 is 2.71 bits per heavy atom. The zero-order valence-corrected chi connectivity index (χ0v) is 19.9. The number of hydrogen-bond acceptors (Lipinski definition) is 6. The van der Waals surface area contributed by atoms with Gasteiger partial charge in [0.15, 0.2) is 11.5 Å². The third kappa shape index (κ3) is 3.67. The summed E-state index contributed by atoms with van der Waals surface area (Å²) in [6.45, 7) is 2.95. The van der Waals surface area contributed by atoms with Gasteiger partial charge in [0.1, 0.15) is 5.69 Å². The van der Waals surface area contributed by atoms with Crippen molar-refractivity contribution in [3.63, 3.8) is 0 Å². The molecule has 5 heterocycles. The largest absolute Gasteiger partial charge is 0.337 e. The lowest BCUT2D eigenvalue weighted by Crippen LogP contribution is -2.10. The van der Waals surface area contributed by atoms with Crippen LogP contribution in [0, 0.1) is 6.92 Å². The number of thiophene rings is 1. The summed E-state index contributed by atoms with van der Waals surface area (Å²) in [6, 6.07) is 14.8. The first kappa shape index (κ1) is 20.7. The van der Waals surface area contributed by atoms with Gasteiger partial charge in [0, 0.05) is 51.6 Å². The van der Waals surface area contributed by atoms with E-state index >= 15 is 0 Å². The van der Waals surface area contributed by atoms with Gasteiger partial charge in [-0.05, 0) is 56.9 Å². The smallest absolute Gasteiger partial charge is 0.181 e. The van der Waals surface area contributed by atoms with Crippen LogP contribution >= 0.6 is 11.3 Å². The lowest BCUT2D eigenvalue weighted by molar-refractivity contribution is 0.402. The minimum atomic E-state index is 0.658. The molecule has 2 N–H and O–H groups in total. The molecule has 0 saturated heterocycles. The molecule has 0 radical (unpaired) electrons. The van der Waals surface area contributed by atoms with Gasteiger partial charge in [-0.2, -0.15) is 5.10 Å². The predicted octanol–water partition coefficient (Wildman–Crippen LogP) is 5.66. The van der Waals surface area contributed by atoms with Crippen LogP contribution in [0.2, 0.25) is 0 Å². The fourth-order valence-electron chi connectivity index (χ4n) is 4.26. The molecule has 0 aliphatic rings. The summed E-state index contributed by atoms with van der Waals surface area (Å²) in [6.07, 6.45) is 5.62. The highest BCUT2D eigenvalue weighted by Gasteiger charge is 2.16. The van der Waals surface area contributed by atoms with Crippen LogP contribution < -0.4 is 0 Å². The number of fused-ring (bicyclic) bond motifs is 2. The normalized spacial score (nSPS) is 11.8.